The summed E-state index contributed by atoms with van der Waals surface area (Å²) in [6.07, 6.45) is 13.3. The number of carbonyl (C=O) groups excluding carboxylic acids is 1. The molecule has 0 saturated heterocycles. The van der Waals surface area contributed by atoms with Crippen LogP contribution in [0.1, 0.15) is 98.3 Å². The van der Waals surface area contributed by atoms with Gasteiger partial charge in [0.1, 0.15) is 0 Å². The zero-order chi connectivity index (χ0) is 21.0. The zero-order valence-corrected chi connectivity index (χ0v) is 19.4. The van der Waals surface area contributed by atoms with E-state index in [-0.39, 0.29) is 11.9 Å². The summed E-state index contributed by atoms with van der Waals surface area (Å²) in [6.45, 7) is 13.2. The maximum absolute atomic E-state index is 12.1. The largest absolute Gasteiger partial charge is 0.393 e. The first kappa shape index (κ1) is 21.6. The molecule has 0 heterocycles. The third-order valence-corrected chi connectivity index (χ3v) is 10.7. The molecule has 1 N–H and O–H groups in total. The second kappa shape index (κ2) is 7.81. The van der Waals surface area contributed by atoms with Crippen molar-refractivity contribution in [1.82, 2.24) is 0 Å². The molecule has 2 heteroatoms. The van der Waals surface area contributed by atoms with Gasteiger partial charge in [0.25, 0.3) is 0 Å². The fourth-order valence-corrected chi connectivity index (χ4v) is 9.00. The van der Waals surface area contributed by atoms with Gasteiger partial charge in [-0.2, -0.15) is 0 Å². The minimum Gasteiger partial charge on any atom is -0.393 e. The molecule has 4 aliphatic rings. The van der Waals surface area contributed by atoms with Crippen molar-refractivity contribution >= 4 is 5.78 Å². The number of ketones is 1. The normalized spacial score (nSPS) is 47.6. The van der Waals surface area contributed by atoms with Gasteiger partial charge in [0, 0.05) is 6.42 Å². The van der Waals surface area contributed by atoms with E-state index in [0.717, 1.165) is 24.7 Å². The topological polar surface area (TPSA) is 37.3 Å². The van der Waals surface area contributed by atoms with Crippen molar-refractivity contribution < 1.29 is 9.90 Å². The number of rotatable bonds is 5. The Morgan fingerprint density at radius 2 is 1.79 bits per heavy atom. The Labute approximate surface area is 178 Å². The van der Waals surface area contributed by atoms with E-state index >= 15 is 0 Å². The Bertz CT molecular complexity index is 653. The van der Waals surface area contributed by atoms with E-state index in [0.29, 0.717) is 46.5 Å². The molecule has 0 aromatic rings. The van der Waals surface area contributed by atoms with Crippen molar-refractivity contribution in [2.45, 2.75) is 104 Å². The van der Waals surface area contributed by atoms with Gasteiger partial charge in [0.05, 0.1) is 6.10 Å². The summed E-state index contributed by atoms with van der Waals surface area (Å²) in [5.74, 6) is 4.20. The predicted molar refractivity (Wildman–Crippen MR) is 119 cm³/mol. The molecule has 164 valence electrons. The van der Waals surface area contributed by atoms with Crippen LogP contribution in [0.2, 0.25) is 0 Å². The van der Waals surface area contributed by atoms with E-state index in [1.807, 2.05) is 6.92 Å². The molecule has 29 heavy (non-hydrogen) atoms. The van der Waals surface area contributed by atoms with Crippen molar-refractivity contribution in [1.29, 1.82) is 0 Å². The average Bonchev–Trinajstić information content (AvgIpc) is 3.03. The smallest absolute Gasteiger partial charge is 0.157 e. The summed E-state index contributed by atoms with van der Waals surface area (Å²) < 4.78 is 0. The maximum Gasteiger partial charge on any atom is 0.157 e. The fourth-order valence-electron chi connectivity index (χ4n) is 9.00. The third kappa shape index (κ3) is 3.46. The number of hydrogen-bond donors (Lipinski definition) is 1. The van der Waals surface area contributed by atoms with E-state index in [1.54, 1.807) is 0 Å². The molecule has 1 unspecified atom stereocenters. The van der Waals surface area contributed by atoms with Crippen LogP contribution in [0.25, 0.3) is 0 Å². The number of aliphatic hydroxyl groups excluding tert-OH is 1. The quantitative estimate of drug-likeness (QED) is 0.530. The highest BCUT2D eigenvalue weighted by molar-refractivity contribution is 5.94. The molecule has 4 rings (SSSR count). The van der Waals surface area contributed by atoms with Crippen LogP contribution in [0.5, 0.6) is 0 Å². The van der Waals surface area contributed by atoms with Gasteiger partial charge < -0.3 is 5.11 Å². The predicted octanol–water partition coefficient (Wildman–Crippen LogP) is 6.57. The third-order valence-electron chi connectivity index (χ3n) is 10.7. The molecule has 0 aromatic heterocycles. The van der Waals surface area contributed by atoms with Crippen molar-refractivity contribution in [2.24, 2.45) is 46.3 Å². The van der Waals surface area contributed by atoms with Gasteiger partial charge in [-0.25, -0.2) is 0 Å². The molecule has 4 saturated carbocycles. The first-order valence-electron chi connectivity index (χ1n) is 12.5. The molecule has 0 aliphatic heterocycles. The second-order valence-electron chi connectivity index (χ2n) is 12.0. The number of hydrogen-bond acceptors (Lipinski definition) is 2. The first-order chi connectivity index (χ1) is 13.7. The van der Waals surface area contributed by atoms with Crippen LogP contribution in [0.15, 0.2) is 12.2 Å². The molecule has 4 aliphatic carbocycles. The lowest BCUT2D eigenvalue weighted by Gasteiger charge is -2.62. The summed E-state index contributed by atoms with van der Waals surface area (Å²) >= 11 is 0. The monoisotopic (exact) mass is 400 g/mol. The van der Waals surface area contributed by atoms with Crippen LogP contribution < -0.4 is 0 Å². The lowest BCUT2D eigenvalue weighted by molar-refractivity contribution is -0.164. The first-order valence-corrected chi connectivity index (χ1v) is 12.5. The molecule has 0 spiro atoms. The summed E-state index contributed by atoms with van der Waals surface area (Å²) in [7, 11) is 0. The molecular weight excluding hydrogens is 356 g/mol. The Morgan fingerprint density at radius 3 is 2.52 bits per heavy atom. The van der Waals surface area contributed by atoms with Crippen molar-refractivity contribution in [3.05, 3.63) is 12.2 Å². The maximum atomic E-state index is 12.1. The van der Waals surface area contributed by atoms with Crippen molar-refractivity contribution in [2.75, 3.05) is 0 Å². The highest BCUT2D eigenvalue weighted by Gasteiger charge is 2.62. The van der Waals surface area contributed by atoms with Gasteiger partial charge in [-0.05, 0) is 110 Å². The minimum atomic E-state index is -0.0835. The highest BCUT2D eigenvalue weighted by atomic mass is 16.3. The number of aliphatic hydroxyl groups is 1. The lowest BCUT2D eigenvalue weighted by Crippen LogP contribution is -2.57. The molecule has 9 atom stereocenters. The number of allylic oxidation sites excluding steroid dienone is 1. The van der Waals surface area contributed by atoms with Crippen LogP contribution >= 0.6 is 0 Å². The average molecular weight is 401 g/mol. The molecule has 0 amide bonds. The summed E-state index contributed by atoms with van der Waals surface area (Å²) in [4.78, 5) is 12.1. The zero-order valence-electron chi connectivity index (χ0n) is 19.4. The SMILES string of the molecule is C=C(C)C(=O)CC[C@@H](C)[C@H]1CC[C@H]2[C@@H]3[C@H](O)CC4CCCC[C@]4(C)[C@H]3CC[C@]12C. The molecule has 4 fully saturated rings. The van der Waals surface area contributed by atoms with Gasteiger partial charge in [0.15, 0.2) is 5.78 Å². The van der Waals surface area contributed by atoms with Crippen LogP contribution in [0, 0.1) is 46.3 Å². The van der Waals surface area contributed by atoms with Gasteiger partial charge >= 0.3 is 0 Å². The summed E-state index contributed by atoms with van der Waals surface area (Å²) in [6, 6.07) is 0. The number of carbonyl (C=O) groups is 1. The van der Waals surface area contributed by atoms with E-state index in [2.05, 4.69) is 27.4 Å². The van der Waals surface area contributed by atoms with Crippen LogP contribution in [0.3, 0.4) is 0 Å². The minimum absolute atomic E-state index is 0.0835. The Hall–Kier alpha value is -0.630. The van der Waals surface area contributed by atoms with E-state index in [9.17, 15) is 9.90 Å². The Balaban J connectivity index is 1.51. The number of fused-ring (bicyclic) bond motifs is 5. The molecule has 0 bridgehead atoms. The van der Waals surface area contributed by atoms with E-state index < -0.39 is 0 Å². The highest BCUT2D eigenvalue weighted by Crippen LogP contribution is 2.68. The molecule has 2 nitrogen and oxygen atoms in total. The van der Waals surface area contributed by atoms with Gasteiger partial charge in [0.2, 0.25) is 0 Å². The van der Waals surface area contributed by atoms with Crippen LogP contribution in [-0.4, -0.2) is 17.0 Å². The lowest BCUT2D eigenvalue weighted by atomic mass is 9.44. The second-order valence-corrected chi connectivity index (χ2v) is 12.0. The van der Waals surface area contributed by atoms with E-state index in [1.165, 1.54) is 51.4 Å². The fraction of sp³-hybridized carbons (Fsp3) is 0.889. The van der Waals surface area contributed by atoms with Crippen molar-refractivity contribution in [3.8, 4) is 0 Å². The van der Waals surface area contributed by atoms with Gasteiger partial charge in [-0.15, -0.1) is 0 Å². The molecule has 0 aromatic carbocycles. The van der Waals surface area contributed by atoms with E-state index in [4.69, 9.17) is 0 Å². The molecular formula is C27H44O2. The number of Topliss-reactive ketones (excluding diaryl/α,β-unsaturated/α-hetero) is 1. The molecule has 0 radical (unpaired) electrons. The summed E-state index contributed by atoms with van der Waals surface area (Å²) in [5.41, 5.74) is 1.53. The standard InChI is InChI=1S/C27H44O2/c1-17(2)23(28)12-9-18(3)20-10-11-21-25-22(13-15-27(20,21)5)26(4)14-7-6-8-19(26)16-24(25)29/h18-22,24-25,29H,1,6-16H2,2-5H3/t18-,19?,20-,21+,22+,24-,25+,26+,27-/m1/s1. The van der Waals surface area contributed by atoms with Gasteiger partial charge in [-0.3, -0.25) is 4.79 Å². The van der Waals surface area contributed by atoms with Gasteiger partial charge in [-0.1, -0.05) is 40.2 Å². The van der Waals surface area contributed by atoms with Crippen LogP contribution in [0.4, 0.5) is 0 Å². The Kier molecular flexibility index (Phi) is 5.82. The van der Waals surface area contributed by atoms with Crippen LogP contribution in [-0.2, 0) is 4.79 Å². The Morgan fingerprint density at radius 1 is 1.07 bits per heavy atom. The summed E-state index contributed by atoms with van der Waals surface area (Å²) in [5, 5.41) is 11.3. The van der Waals surface area contributed by atoms with Crippen molar-refractivity contribution in [3.63, 3.8) is 0 Å².